The summed E-state index contributed by atoms with van der Waals surface area (Å²) in [5.41, 5.74) is 2.13. The summed E-state index contributed by atoms with van der Waals surface area (Å²) in [5, 5.41) is 3.76. The molecule has 20 heavy (non-hydrogen) atoms. The van der Waals surface area contributed by atoms with E-state index in [0.717, 1.165) is 13.0 Å². The molecule has 1 aromatic rings. The molecule has 1 aromatic carbocycles. The van der Waals surface area contributed by atoms with Gasteiger partial charge in [0.05, 0.1) is 0 Å². The molecule has 0 aromatic heterocycles. The predicted molar refractivity (Wildman–Crippen MR) is 76.3 cm³/mol. The number of ether oxygens (including phenoxy) is 1. The molecule has 0 aliphatic heterocycles. The number of hydrogen-bond acceptors (Lipinski definition) is 2. The molecule has 0 radical (unpaired) electrons. The maximum atomic E-state index is 12.3. The zero-order valence-electron chi connectivity index (χ0n) is 11.2. The van der Waals surface area contributed by atoms with Gasteiger partial charge in [0.2, 0.25) is 0 Å². The van der Waals surface area contributed by atoms with E-state index in [9.17, 15) is 8.78 Å². The summed E-state index contributed by atoms with van der Waals surface area (Å²) in [4.78, 5) is 0. The maximum Gasteiger partial charge on any atom is 0.387 e. The normalized spacial score (nSPS) is 14.7. The van der Waals surface area contributed by atoms with Crippen LogP contribution in [-0.4, -0.2) is 13.2 Å². The second-order valence-electron chi connectivity index (χ2n) is 4.81. The van der Waals surface area contributed by atoms with Crippen molar-refractivity contribution < 1.29 is 13.5 Å². The Hall–Kier alpha value is -1.13. The van der Waals surface area contributed by atoms with Crippen LogP contribution in [0.3, 0.4) is 0 Å². The zero-order valence-corrected chi connectivity index (χ0v) is 11.9. The number of allylic oxidation sites excluding steroid dienone is 1. The van der Waals surface area contributed by atoms with Crippen LogP contribution in [0.15, 0.2) is 29.8 Å². The van der Waals surface area contributed by atoms with Gasteiger partial charge in [0.15, 0.2) is 0 Å². The fourth-order valence-corrected chi connectivity index (χ4v) is 2.53. The fourth-order valence-electron chi connectivity index (χ4n) is 2.33. The molecule has 0 spiro atoms. The van der Waals surface area contributed by atoms with Crippen molar-refractivity contribution in [1.29, 1.82) is 0 Å². The Balaban J connectivity index is 1.85. The molecule has 1 aliphatic carbocycles. The molecule has 0 unspecified atom stereocenters. The summed E-state index contributed by atoms with van der Waals surface area (Å²) < 4.78 is 29.1. The standard InChI is InChI=1S/C15H18ClF2NO/c16-13-5-6-14(20-15(17)18)12(9-13)10-19-8-7-11-3-1-2-4-11/h3,5-6,9,15,19H,1-2,4,7-8,10H2. The van der Waals surface area contributed by atoms with Gasteiger partial charge in [0.1, 0.15) is 5.75 Å². The molecule has 0 atom stereocenters. The molecular formula is C15H18ClF2NO. The SMILES string of the molecule is FC(F)Oc1ccc(Cl)cc1CNCCC1=CCCC1. The first-order chi connectivity index (χ1) is 9.65. The third-order valence-corrected chi connectivity index (χ3v) is 3.55. The van der Waals surface area contributed by atoms with E-state index in [-0.39, 0.29) is 5.75 Å². The van der Waals surface area contributed by atoms with Gasteiger partial charge in [-0.3, -0.25) is 0 Å². The van der Waals surface area contributed by atoms with Crippen molar-refractivity contribution in [2.75, 3.05) is 6.54 Å². The van der Waals surface area contributed by atoms with E-state index in [1.54, 1.807) is 12.1 Å². The van der Waals surface area contributed by atoms with Crippen LogP contribution in [0.25, 0.3) is 0 Å². The average molecular weight is 302 g/mol. The van der Waals surface area contributed by atoms with Crippen LogP contribution < -0.4 is 10.1 Å². The number of benzene rings is 1. The lowest BCUT2D eigenvalue weighted by atomic mass is 10.1. The molecule has 0 saturated carbocycles. The van der Waals surface area contributed by atoms with E-state index < -0.39 is 6.61 Å². The minimum absolute atomic E-state index is 0.178. The summed E-state index contributed by atoms with van der Waals surface area (Å²) in [6.45, 7) is -1.53. The highest BCUT2D eigenvalue weighted by molar-refractivity contribution is 6.30. The van der Waals surface area contributed by atoms with Crippen LogP contribution >= 0.6 is 11.6 Å². The van der Waals surface area contributed by atoms with Gasteiger partial charge in [-0.1, -0.05) is 23.3 Å². The van der Waals surface area contributed by atoms with Crippen LogP contribution in [-0.2, 0) is 6.54 Å². The highest BCUT2D eigenvalue weighted by Crippen LogP contribution is 2.24. The summed E-state index contributed by atoms with van der Waals surface area (Å²) >= 11 is 5.89. The third kappa shape index (κ3) is 4.76. The molecule has 0 bridgehead atoms. The lowest BCUT2D eigenvalue weighted by Crippen LogP contribution is -2.16. The number of alkyl halides is 2. The fraction of sp³-hybridized carbons (Fsp3) is 0.467. The Morgan fingerprint density at radius 2 is 2.20 bits per heavy atom. The summed E-state index contributed by atoms with van der Waals surface area (Å²) in [7, 11) is 0. The molecule has 0 fully saturated rings. The van der Waals surface area contributed by atoms with Gasteiger partial charge in [-0.05, 0) is 50.4 Å². The van der Waals surface area contributed by atoms with Gasteiger partial charge in [-0.2, -0.15) is 8.78 Å². The van der Waals surface area contributed by atoms with E-state index in [2.05, 4.69) is 16.1 Å². The van der Waals surface area contributed by atoms with E-state index in [1.807, 2.05) is 0 Å². The maximum absolute atomic E-state index is 12.3. The molecule has 2 rings (SSSR count). The van der Waals surface area contributed by atoms with Crippen molar-refractivity contribution in [1.82, 2.24) is 5.32 Å². The average Bonchev–Trinajstić information content (AvgIpc) is 2.90. The van der Waals surface area contributed by atoms with Gasteiger partial charge in [0, 0.05) is 17.1 Å². The zero-order chi connectivity index (χ0) is 14.4. The quantitative estimate of drug-likeness (QED) is 0.590. The highest BCUT2D eigenvalue weighted by atomic mass is 35.5. The minimum atomic E-state index is -2.82. The molecule has 5 heteroatoms. The molecule has 1 N–H and O–H groups in total. The van der Waals surface area contributed by atoms with E-state index in [1.165, 1.54) is 30.9 Å². The number of nitrogens with one attached hydrogen (secondary N) is 1. The second-order valence-corrected chi connectivity index (χ2v) is 5.25. The minimum Gasteiger partial charge on any atom is -0.434 e. The monoisotopic (exact) mass is 301 g/mol. The van der Waals surface area contributed by atoms with Crippen molar-refractivity contribution in [2.24, 2.45) is 0 Å². The van der Waals surface area contributed by atoms with Crippen molar-refractivity contribution >= 4 is 11.6 Å². The van der Waals surface area contributed by atoms with Gasteiger partial charge in [0.25, 0.3) is 0 Å². The lowest BCUT2D eigenvalue weighted by molar-refractivity contribution is -0.0504. The molecular weight excluding hydrogens is 284 g/mol. The molecule has 0 saturated heterocycles. The summed E-state index contributed by atoms with van der Waals surface area (Å²) in [6, 6.07) is 4.68. The Morgan fingerprint density at radius 3 is 2.90 bits per heavy atom. The second kappa shape index (κ2) is 7.60. The van der Waals surface area contributed by atoms with Crippen LogP contribution in [0.4, 0.5) is 8.78 Å². The molecule has 0 heterocycles. The molecule has 1 aliphatic rings. The number of rotatable bonds is 7. The van der Waals surface area contributed by atoms with Crippen LogP contribution in [0, 0.1) is 0 Å². The molecule has 110 valence electrons. The Labute approximate surface area is 122 Å². The van der Waals surface area contributed by atoms with Crippen molar-refractivity contribution in [3.63, 3.8) is 0 Å². The van der Waals surface area contributed by atoms with Gasteiger partial charge >= 0.3 is 6.61 Å². The van der Waals surface area contributed by atoms with Gasteiger partial charge in [-0.25, -0.2) is 0 Å². The molecule has 2 nitrogen and oxygen atoms in total. The highest BCUT2D eigenvalue weighted by Gasteiger charge is 2.10. The summed E-state index contributed by atoms with van der Waals surface area (Å²) in [5.74, 6) is 0.178. The van der Waals surface area contributed by atoms with Crippen molar-refractivity contribution in [3.05, 3.63) is 40.4 Å². The Kier molecular flexibility index (Phi) is 5.80. The van der Waals surface area contributed by atoms with Crippen molar-refractivity contribution in [3.8, 4) is 5.75 Å². The van der Waals surface area contributed by atoms with Crippen LogP contribution in [0.2, 0.25) is 5.02 Å². The first-order valence-corrected chi connectivity index (χ1v) is 7.15. The van der Waals surface area contributed by atoms with Crippen LogP contribution in [0.5, 0.6) is 5.75 Å². The van der Waals surface area contributed by atoms with Gasteiger partial charge in [-0.15, -0.1) is 0 Å². The first-order valence-electron chi connectivity index (χ1n) is 6.77. The van der Waals surface area contributed by atoms with Gasteiger partial charge < -0.3 is 10.1 Å². The first kappa shape index (κ1) is 15.3. The number of hydrogen-bond donors (Lipinski definition) is 1. The Bertz CT molecular complexity index is 477. The van der Waals surface area contributed by atoms with Crippen molar-refractivity contribution in [2.45, 2.75) is 38.8 Å². The summed E-state index contributed by atoms with van der Waals surface area (Å²) in [6.07, 6.45) is 6.89. The lowest BCUT2D eigenvalue weighted by Gasteiger charge is -2.12. The third-order valence-electron chi connectivity index (χ3n) is 3.31. The largest absolute Gasteiger partial charge is 0.434 e. The Morgan fingerprint density at radius 1 is 1.35 bits per heavy atom. The van der Waals surface area contributed by atoms with Crippen LogP contribution in [0.1, 0.15) is 31.2 Å². The van der Waals surface area contributed by atoms with E-state index in [0.29, 0.717) is 17.1 Å². The van der Waals surface area contributed by atoms with E-state index >= 15 is 0 Å². The smallest absolute Gasteiger partial charge is 0.387 e. The topological polar surface area (TPSA) is 21.3 Å². The van der Waals surface area contributed by atoms with E-state index in [4.69, 9.17) is 11.6 Å². The predicted octanol–water partition coefficient (Wildman–Crippen LogP) is 4.53. The molecule has 0 amide bonds. The number of halogens is 3.